The smallest absolute Gasteiger partial charge is 0.254 e. The molecular formula is C25H29N3O6. The van der Waals surface area contributed by atoms with Crippen LogP contribution in [0.25, 0.3) is 0 Å². The summed E-state index contributed by atoms with van der Waals surface area (Å²) in [5.41, 5.74) is 1.24. The lowest BCUT2D eigenvalue weighted by atomic mass is 10.1. The Balaban J connectivity index is 1.61. The molecule has 1 amide bonds. The van der Waals surface area contributed by atoms with Gasteiger partial charge in [0.15, 0.2) is 11.5 Å². The second-order valence-electron chi connectivity index (χ2n) is 7.49. The van der Waals surface area contributed by atoms with Crippen LogP contribution in [0.5, 0.6) is 23.0 Å². The third-order valence-electron chi connectivity index (χ3n) is 5.13. The van der Waals surface area contributed by atoms with Crippen LogP contribution in [0.4, 0.5) is 0 Å². The topological polar surface area (TPSA) is 101 Å². The highest BCUT2D eigenvalue weighted by atomic mass is 16.5. The van der Waals surface area contributed by atoms with Crippen molar-refractivity contribution >= 4 is 5.91 Å². The Hall–Kier alpha value is -4.01. The molecule has 0 fully saturated rings. The summed E-state index contributed by atoms with van der Waals surface area (Å²) < 4.78 is 22.8. The Kier molecular flexibility index (Phi) is 8.50. The Morgan fingerprint density at radius 1 is 0.941 bits per heavy atom. The Bertz CT molecular complexity index is 1170. The number of nitrogens with one attached hydrogen (secondary N) is 1. The zero-order valence-electron chi connectivity index (χ0n) is 19.8. The van der Waals surface area contributed by atoms with Crippen LogP contribution in [-0.2, 0) is 24.4 Å². The highest BCUT2D eigenvalue weighted by Crippen LogP contribution is 2.27. The van der Waals surface area contributed by atoms with Crippen molar-refractivity contribution in [3.63, 3.8) is 0 Å². The van der Waals surface area contributed by atoms with Gasteiger partial charge in [-0.05, 0) is 55.3 Å². The predicted octanol–water partition coefficient (Wildman–Crippen LogP) is 2.52. The molecule has 0 spiro atoms. The minimum absolute atomic E-state index is 0.0438. The second kappa shape index (κ2) is 11.7. The number of methoxy groups -OCH3 is 3. The molecule has 1 heterocycles. The summed E-state index contributed by atoms with van der Waals surface area (Å²) in [7, 11) is 4.74. The van der Waals surface area contributed by atoms with Crippen molar-refractivity contribution in [2.45, 2.75) is 26.5 Å². The quantitative estimate of drug-likeness (QED) is 0.462. The lowest BCUT2D eigenvalue weighted by Crippen LogP contribution is -2.35. The highest BCUT2D eigenvalue weighted by Gasteiger charge is 2.13. The third-order valence-corrected chi connectivity index (χ3v) is 5.13. The molecule has 3 rings (SSSR count). The molecule has 180 valence electrons. The van der Waals surface area contributed by atoms with E-state index in [1.54, 1.807) is 52.5 Å². The standard InChI is InChI=1S/C25H29N3O6/c1-17-13-25(30)28(23(27-17)16-34-20-8-6-19(31-2)7-9-20)15-24(29)26-12-11-18-5-10-21(32-3)22(14-18)33-4/h5-10,13-14H,11-12,15-16H2,1-4H3,(H,26,29). The second-order valence-corrected chi connectivity index (χ2v) is 7.49. The lowest BCUT2D eigenvalue weighted by molar-refractivity contribution is -0.121. The number of rotatable bonds is 11. The molecule has 1 aromatic heterocycles. The first-order valence-corrected chi connectivity index (χ1v) is 10.7. The van der Waals surface area contributed by atoms with Crippen molar-refractivity contribution in [3.8, 4) is 23.0 Å². The molecule has 0 aliphatic carbocycles. The van der Waals surface area contributed by atoms with E-state index in [2.05, 4.69) is 10.3 Å². The zero-order chi connectivity index (χ0) is 24.5. The van der Waals surface area contributed by atoms with Crippen LogP contribution in [-0.4, -0.2) is 43.3 Å². The van der Waals surface area contributed by atoms with Gasteiger partial charge in [-0.2, -0.15) is 0 Å². The maximum Gasteiger partial charge on any atom is 0.254 e. The van der Waals surface area contributed by atoms with Crippen LogP contribution in [0, 0.1) is 6.92 Å². The van der Waals surface area contributed by atoms with Gasteiger partial charge in [0.1, 0.15) is 30.5 Å². The molecule has 0 aliphatic rings. The summed E-state index contributed by atoms with van der Waals surface area (Å²) in [6, 6.07) is 14.1. The van der Waals surface area contributed by atoms with Crippen LogP contribution < -0.4 is 29.8 Å². The van der Waals surface area contributed by atoms with Gasteiger partial charge in [-0.15, -0.1) is 0 Å². The van der Waals surface area contributed by atoms with E-state index in [4.69, 9.17) is 18.9 Å². The minimum atomic E-state index is -0.309. The molecule has 9 nitrogen and oxygen atoms in total. The number of hydrogen-bond acceptors (Lipinski definition) is 7. The van der Waals surface area contributed by atoms with Crippen LogP contribution in [0.2, 0.25) is 0 Å². The molecule has 0 unspecified atom stereocenters. The van der Waals surface area contributed by atoms with E-state index in [1.165, 1.54) is 10.6 Å². The monoisotopic (exact) mass is 467 g/mol. The van der Waals surface area contributed by atoms with E-state index in [0.29, 0.717) is 47.5 Å². The van der Waals surface area contributed by atoms with E-state index in [-0.39, 0.29) is 24.6 Å². The molecule has 34 heavy (non-hydrogen) atoms. The van der Waals surface area contributed by atoms with Crippen LogP contribution in [0.1, 0.15) is 17.1 Å². The first kappa shape index (κ1) is 24.6. The molecule has 0 aliphatic heterocycles. The molecule has 9 heteroatoms. The van der Waals surface area contributed by atoms with Crippen LogP contribution >= 0.6 is 0 Å². The number of carbonyl (C=O) groups is 1. The summed E-state index contributed by atoms with van der Waals surface area (Å²) in [6.45, 7) is 2.02. The number of nitrogens with zero attached hydrogens (tertiary/aromatic N) is 2. The Labute approximate surface area is 198 Å². The van der Waals surface area contributed by atoms with Gasteiger partial charge in [0.2, 0.25) is 5.91 Å². The van der Waals surface area contributed by atoms with Crippen LogP contribution in [0.3, 0.4) is 0 Å². The number of aryl methyl sites for hydroxylation is 1. The van der Waals surface area contributed by atoms with E-state index in [1.807, 2.05) is 18.2 Å². The summed E-state index contributed by atoms with van der Waals surface area (Å²) >= 11 is 0. The van der Waals surface area contributed by atoms with Gasteiger partial charge in [0, 0.05) is 18.3 Å². The third kappa shape index (κ3) is 6.50. The van der Waals surface area contributed by atoms with E-state index in [9.17, 15) is 9.59 Å². The molecule has 0 saturated carbocycles. The zero-order valence-corrected chi connectivity index (χ0v) is 19.8. The summed E-state index contributed by atoms with van der Waals surface area (Å²) in [4.78, 5) is 29.5. The van der Waals surface area contributed by atoms with Gasteiger partial charge in [0.25, 0.3) is 5.56 Å². The summed E-state index contributed by atoms with van der Waals surface area (Å²) in [6.07, 6.45) is 0.598. The number of carbonyl (C=O) groups excluding carboxylic acids is 1. The van der Waals surface area contributed by atoms with Crippen molar-refractivity contribution in [1.29, 1.82) is 0 Å². The number of benzene rings is 2. The van der Waals surface area contributed by atoms with Crippen LogP contribution in [0.15, 0.2) is 53.3 Å². The van der Waals surface area contributed by atoms with Crippen molar-refractivity contribution < 1.29 is 23.7 Å². The fourth-order valence-electron chi connectivity index (χ4n) is 3.36. The van der Waals surface area contributed by atoms with Crippen molar-refractivity contribution in [2.24, 2.45) is 0 Å². The largest absolute Gasteiger partial charge is 0.497 e. The molecule has 0 radical (unpaired) electrons. The van der Waals surface area contributed by atoms with E-state index >= 15 is 0 Å². The first-order valence-electron chi connectivity index (χ1n) is 10.7. The van der Waals surface area contributed by atoms with Crippen molar-refractivity contribution in [1.82, 2.24) is 14.9 Å². The molecule has 0 bridgehead atoms. The molecular weight excluding hydrogens is 438 g/mol. The van der Waals surface area contributed by atoms with Crippen molar-refractivity contribution in [3.05, 3.63) is 76.0 Å². The Morgan fingerprint density at radius 2 is 1.65 bits per heavy atom. The highest BCUT2D eigenvalue weighted by molar-refractivity contribution is 5.75. The fraction of sp³-hybridized carbons (Fsp3) is 0.320. The summed E-state index contributed by atoms with van der Waals surface area (Å²) in [5.74, 6) is 2.66. The fourth-order valence-corrected chi connectivity index (χ4v) is 3.36. The van der Waals surface area contributed by atoms with Gasteiger partial charge < -0.3 is 24.3 Å². The SMILES string of the molecule is COc1ccc(OCc2nc(C)cc(=O)n2CC(=O)NCCc2ccc(OC)c(OC)c2)cc1. The van der Waals surface area contributed by atoms with Gasteiger partial charge in [-0.1, -0.05) is 6.07 Å². The van der Waals surface area contributed by atoms with E-state index < -0.39 is 0 Å². The number of aromatic nitrogens is 2. The lowest BCUT2D eigenvalue weighted by Gasteiger charge is -2.14. The Morgan fingerprint density at radius 3 is 2.32 bits per heavy atom. The average molecular weight is 468 g/mol. The maximum absolute atomic E-state index is 12.6. The van der Waals surface area contributed by atoms with Gasteiger partial charge in [0.05, 0.1) is 21.3 Å². The minimum Gasteiger partial charge on any atom is -0.497 e. The normalized spacial score (nSPS) is 10.5. The van der Waals surface area contributed by atoms with Gasteiger partial charge >= 0.3 is 0 Å². The maximum atomic E-state index is 12.6. The number of ether oxygens (including phenoxy) is 4. The number of amides is 1. The average Bonchev–Trinajstić information content (AvgIpc) is 2.84. The summed E-state index contributed by atoms with van der Waals surface area (Å²) in [5, 5.41) is 2.85. The number of hydrogen-bond donors (Lipinski definition) is 1. The van der Waals surface area contributed by atoms with Crippen molar-refractivity contribution in [2.75, 3.05) is 27.9 Å². The van der Waals surface area contributed by atoms with Gasteiger partial charge in [-0.3, -0.25) is 14.2 Å². The predicted molar refractivity (Wildman–Crippen MR) is 127 cm³/mol. The van der Waals surface area contributed by atoms with E-state index in [0.717, 1.165) is 5.56 Å². The molecule has 0 saturated heterocycles. The van der Waals surface area contributed by atoms with Gasteiger partial charge in [-0.25, -0.2) is 4.98 Å². The molecule has 0 atom stereocenters. The molecule has 1 N–H and O–H groups in total. The first-order chi connectivity index (χ1) is 16.4. The molecule has 2 aromatic carbocycles. The molecule has 3 aromatic rings.